The van der Waals surface area contributed by atoms with Crippen LogP contribution in [0.15, 0.2) is 36.7 Å². The molecule has 2 N–H and O–H groups in total. The van der Waals surface area contributed by atoms with Crippen molar-refractivity contribution in [1.82, 2.24) is 14.8 Å². The number of carbonyl (C=O) groups is 2. The largest absolute Gasteiger partial charge is 0.464 e. The number of amides is 1. The molecule has 0 unspecified atom stereocenters. The molecule has 0 bridgehead atoms. The van der Waals surface area contributed by atoms with E-state index in [0.29, 0.717) is 18.5 Å². The van der Waals surface area contributed by atoms with E-state index >= 15 is 0 Å². The molecular formula is C17H18N4O3. The van der Waals surface area contributed by atoms with E-state index in [1.54, 1.807) is 13.2 Å². The maximum Gasteiger partial charge on any atom is 0.360 e. The van der Waals surface area contributed by atoms with E-state index in [4.69, 9.17) is 0 Å². The second-order valence-corrected chi connectivity index (χ2v) is 5.46. The molecule has 0 radical (unpaired) electrons. The molecule has 0 saturated carbocycles. The SMILES string of the molecule is COC(=O)c1nn(C)cc1NC(=O)CCc1c[nH]c2ccccc12. The Morgan fingerprint density at radius 3 is 2.92 bits per heavy atom. The Morgan fingerprint density at radius 1 is 1.33 bits per heavy atom. The highest BCUT2D eigenvalue weighted by atomic mass is 16.5. The van der Waals surface area contributed by atoms with E-state index in [0.717, 1.165) is 16.5 Å². The van der Waals surface area contributed by atoms with Gasteiger partial charge < -0.3 is 15.0 Å². The van der Waals surface area contributed by atoms with E-state index in [2.05, 4.69) is 20.1 Å². The number of aromatic nitrogens is 3. The first kappa shape index (κ1) is 15.8. The summed E-state index contributed by atoms with van der Waals surface area (Å²) in [6.45, 7) is 0. The predicted octanol–water partition coefficient (Wildman–Crippen LogP) is 2.26. The van der Waals surface area contributed by atoms with E-state index in [-0.39, 0.29) is 11.6 Å². The van der Waals surface area contributed by atoms with Crippen LogP contribution in [0.25, 0.3) is 10.9 Å². The highest BCUT2D eigenvalue weighted by molar-refractivity contribution is 5.99. The highest BCUT2D eigenvalue weighted by Crippen LogP contribution is 2.20. The third-order valence-electron chi connectivity index (χ3n) is 3.78. The minimum absolute atomic E-state index is 0.0976. The number of benzene rings is 1. The molecule has 0 saturated heterocycles. The van der Waals surface area contributed by atoms with Crippen molar-refractivity contribution in [3.8, 4) is 0 Å². The summed E-state index contributed by atoms with van der Waals surface area (Å²) in [5, 5.41) is 7.84. The second-order valence-electron chi connectivity index (χ2n) is 5.46. The van der Waals surface area contributed by atoms with Crippen LogP contribution < -0.4 is 5.32 Å². The number of nitrogens with one attached hydrogen (secondary N) is 2. The molecule has 0 spiro atoms. The normalized spacial score (nSPS) is 10.8. The summed E-state index contributed by atoms with van der Waals surface area (Å²) in [7, 11) is 2.95. The molecule has 1 amide bonds. The number of hydrogen-bond acceptors (Lipinski definition) is 4. The number of rotatable bonds is 5. The van der Waals surface area contributed by atoms with Crippen LogP contribution >= 0.6 is 0 Å². The minimum Gasteiger partial charge on any atom is -0.464 e. The first-order valence-corrected chi connectivity index (χ1v) is 7.55. The molecule has 0 aliphatic rings. The van der Waals surface area contributed by atoms with Crippen LogP contribution in [-0.2, 0) is 23.0 Å². The topological polar surface area (TPSA) is 89.0 Å². The third-order valence-corrected chi connectivity index (χ3v) is 3.78. The monoisotopic (exact) mass is 326 g/mol. The molecule has 24 heavy (non-hydrogen) atoms. The molecule has 0 aliphatic heterocycles. The van der Waals surface area contributed by atoms with Crippen LogP contribution in [0.3, 0.4) is 0 Å². The third kappa shape index (κ3) is 3.15. The Morgan fingerprint density at radius 2 is 2.12 bits per heavy atom. The van der Waals surface area contributed by atoms with Gasteiger partial charge in [-0.05, 0) is 18.1 Å². The van der Waals surface area contributed by atoms with Gasteiger partial charge >= 0.3 is 5.97 Å². The molecule has 2 aromatic heterocycles. The Hall–Kier alpha value is -3.09. The summed E-state index contributed by atoms with van der Waals surface area (Å²) < 4.78 is 6.13. The number of H-pyrrole nitrogens is 1. The fourth-order valence-corrected chi connectivity index (χ4v) is 2.63. The smallest absolute Gasteiger partial charge is 0.360 e. The van der Waals surface area contributed by atoms with Crippen molar-refractivity contribution in [2.24, 2.45) is 7.05 Å². The van der Waals surface area contributed by atoms with Crippen LogP contribution in [-0.4, -0.2) is 33.8 Å². The molecule has 0 aliphatic carbocycles. The number of para-hydroxylation sites is 1. The number of esters is 1. The molecule has 7 heteroatoms. The van der Waals surface area contributed by atoms with Gasteiger partial charge in [0, 0.05) is 36.8 Å². The van der Waals surface area contributed by atoms with Gasteiger partial charge in [0.25, 0.3) is 0 Å². The highest BCUT2D eigenvalue weighted by Gasteiger charge is 2.18. The lowest BCUT2D eigenvalue weighted by molar-refractivity contribution is -0.116. The average Bonchev–Trinajstić information content (AvgIpc) is 3.15. The minimum atomic E-state index is -0.581. The Balaban J connectivity index is 1.67. The van der Waals surface area contributed by atoms with Gasteiger partial charge in [0.05, 0.1) is 12.8 Å². The van der Waals surface area contributed by atoms with E-state index in [9.17, 15) is 9.59 Å². The molecule has 2 heterocycles. The summed E-state index contributed by atoms with van der Waals surface area (Å²) in [5.41, 5.74) is 2.59. The van der Waals surface area contributed by atoms with Crippen molar-refractivity contribution >= 4 is 28.5 Å². The van der Waals surface area contributed by atoms with Crippen molar-refractivity contribution in [3.63, 3.8) is 0 Å². The maximum atomic E-state index is 12.2. The summed E-state index contributed by atoms with van der Waals surface area (Å²) in [5.74, 6) is -0.763. The molecule has 124 valence electrons. The zero-order valence-electron chi connectivity index (χ0n) is 13.5. The number of aromatic amines is 1. The van der Waals surface area contributed by atoms with Gasteiger partial charge in [-0.25, -0.2) is 4.79 Å². The van der Waals surface area contributed by atoms with Crippen LogP contribution in [0.5, 0.6) is 0 Å². The van der Waals surface area contributed by atoms with E-state index < -0.39 is 5.97 Å². The number of ether oxygens (including phenoxy) is 1. The zero-order valence-corrected chi connectivity index (χ0v) is 13.5. The van der Waals surface area contributed by atoms with Gasteiger partial charge in [0.2, 0.25) is 5.91 Å². The van der Waals surface area contributed by atoms with E-state index in [1.165, 1.54) is 11.8 Å². The van der Waals surface area contributed by atoms with Crippen molar-refractivity contribution in [1.29, 1.82) is 0 Å². The molecule has 3 rings (SSSR count). The van der Waals surface area contributed by atoms with E-state index in [1.807, 2.05) is 30.5 Å². The Labute approximate surface area is 138 Å². The zero-order chi connectivity index (χ0) is 17.1. The molecule has 1 aromatic carbocycles. The lowest BCUT2D eigenvalue weighted by Crippen LogP contribution is -2.15. The molecule has 0 atom stereocenters. The Kier molecular flexibility index (Phi) is 4.33. The van der Waals surface area contributed by atoms with Crippen molar-refractivity contribution in [2.75, 3.05) is 12.4 Å². The van der Waals surface area contributed by atoms with Crippen LogP contribution in [0.2, 0.25) is 0 Å². The fourth-order valence-electron chi connectivity index (χ4n) is 2.63. The van der Waals surface area contributed by atoms with Gasteiger partial charge in [-0.2, -0.15) is 5.10 Å². The number of methoxy groups -OCH3 is 1. The predicted molar refractivity (Wildman–Crippen MR) is 89.8 cm³/mol. The van der Waals surface area contributed by atoms with Crippen LogP contribution in [0, 0.1) is 0 Å². The number of nitrogens with zero attached hydrogens (tertiary/aromatic N) is 2. The first-order valence-electron chi connectivity index (χ1n) is 7.55. The number of anilines is 1. The molecule has 7 nitrogen and oxygen atoms in total. The van der Waals surface area contributed by atoms with Crippen molar-refractivity contribution < 1.29 is 14.3 Å². The summed E-state index contributed by atoms with van der Waals surface area (Å²) >= 11 is 0. The van der Waals surface area contributed by atoms with Gasteiger partial charge in [-0.15, -0.1) is 0 Å². The molecule has 3 aromatic rings. The van der Waals surface area contributed by atoms with Gasteiger partial charge in [-0.1, -0.05) is 18.2 Å². The molecule has 0 fully saturated rings. The first-order chi connectivity index (χ1) is 11.6. The molecular weight excluding hydrogens is 308 g/mol. The number of hydrogen-bond donors (Lipinski definition) is 2. The van der Waals surface area contributed by atoms with Gasteiger partial charge in [-0.3, -0.25) is 9.48 Å². The lowest BCUT2D eigenvalue weighted by Gasteiger charge is -2.04. The van der Waals surface area contributed by atoms with Crippen LogP contribution in [0.1, 0.15) is 22.5 Å². The second kappa shape index (κ2) is 6.57. The number of aryl methyl sites for hydroxylation is 2. The Bertz CT molecular complexity index is 894. The summed E-state index contributed by atoms with van der Waals surface area (Å²) in [4.78, 5) is 27.1. The lowest BCUT2D eigenvalue weighted by atomic mass is 10.1. The van der Waals surface area contributed by atoms with Gasteiger partial charge in [0.1, 0.15) is 0 Å². The number of fused-ring (bicyclic) bond motifs is 1. The fraction of sp³-hybridized carbons (Fsp3) is 0.235. The summed E-state index contributed by atoms with van der Waals surface area (Å²) in [6, 6.07) is 7.96. The van der Waals surface area contributed by atoms with Crippen molar-refractivity contribution in [3.05, 3.63) is 47.9 Å². The van der Waals surface area contributed by atoms with Gasteiger partial charge in [0.15, 0.2) is 5.69 Å². The van der Waals surface area contributed by atoms with Crippen LogP contribution in [0.4, 0.5) is 5.69 Å². The standard InChI is InChI=1S/C17H18N4O3/c1-21-10-14(16(20-21)17(23)24-2)19-15(22)8-7-11-9-18-13-6-4-3-5-12(11)13/h3-6,9-10,18H,7-8H2,1-2H3,(H,19,22). The summed E-state index contributed by atoms with van der Waals surface area (Å²) in [6.07, 6.45) is 4.40. The quantitative estimate of drug-likeness (QED) is 0.704. The maximum absolute atomic E-state index is 12.2. The number of carbonyl (C=O) groups excluding carboxylic acids is 2. The van der Waals surface area contributed by atoms with Crippen molar-refractivity contribution in [2.45, 2.75) is 12.8 Å². The average molecular weight is 326 g/mol.